The van der Waals surface area contributed by atoms with Crippen LogP contribution in [0.25, 0.3) is 0 Å². The number of amides is 1. The minimum Gasteiger partial charge on any atom is -0.493 e. The number of hydrogen-bond donors (Lipinski definition) is 1. The third-order valence-electron chi connectivity index (χ3n) is 3.52. The van der Waals surface area contributed by atoms with Gasteiger partial charge in [-0.3, -0.25) is 14.9 Å². The van der Waals surface area contributed by atoms with Crippen molar-refractivity contribution in [1.82, 2.24) is 0 Å². The number of aryl methyl sites for hydroxylation is 2. The second-order valence-electron chi connectivity index (χ2n) is 5.54. The molecule has 0 fully saturated rings. The van der Waals surface area contributed by atoms with Crippen LogP contribution in [0.2, 0.25) is 0 Å². The number of rotatable bonds is 7. The highest BCUT2D eigenvalue weighted by Gasteiger charge is 2.14. The summed E-state index contributed by atoms with van der Waals surface area (Å²) in [7, 11) is 0. The van der Waals surface area contributed by atoms with Crippen molar-refractivity contribution in [2.75, 3.05) is 11.9 Å². The Hall–Kier alpha value is -2.89. The van der Waals surface area contributed by atoms with Gasteiger partial charge in [0.15, 0.2) is 0 Å². The summed E-state index contributed by atoms with van der Waals surface area (Å²) in [5.41, 5.74) is 2.26. The van der Waals surface area contributed by atoms with Gasteiger partial charge in [-0.1, -0.05) is 24.3 Å². The van der Waals surface area contributed by atoms with Gasteiger partial charge in [0, 0.05) is 12.5 Å². The fourth-order valence-electron chi connectivity index (χ4n) is 2.23. The Balaban J connectivity index is 1.82. The van der Waals surface area contributed by atoms with Crippen molar-refractivity contribution in [3.63, 3.8) is 0 Å². The number of nitro groups is 1. The number of ether oxygens (including phenoxy) is 1. The first kappa shape index (κ1) is 17.5. The molecule has 0 aromatic heterocycles. The topological polar surface area (TPSA) is 81.5 Å². The van der Waals surface area contributed by atoms with Crippen molar-refractivity contribution in [2.45, 2.75) is 26.7 Å². The molecule has 0 atom stereocenters. The predicted octanol–water partition coefficient (Wildman–Crippen LogP) is 4.01. The summed E-state index contributed by atoms with van der Waals surface area (Å²) >= 11 is 0. The zero-order chi connectivity index (χ0) is 17.5. The maximum absolute atomic E-state index is 11.9. The lowest BCUT2D eigenvalue weighted by Gasteiger charge is -2.10. The maximum atomic E-state index is 11.9. The first-order valence-electron chi connectivity index (χ1n) is 7.70. The Morgan fingerprint density at radius 1 is 1.21 bits per heavy atom. The number of anilines is 1. The van der Waals surface area contributed by atoms with Crippen molar-refractivity contribution in [1.29, 1.82) is 0 Å². The minimum absolute atomic E-state index is 0.113. The minimum atomic E-state index is -0.515. The summed E-state index contributed by atoms with van der Waals surface area (Å²) in [6.07, 6.45) is 0.761. The van der Waals surface area contributed by atoms with Crippen molar-refractivity contribution < 1.29 is 14.5 Å². The molecule has 0 spiro atoms. The zero-order valence-corrected chi connectivity index (χ0v) is 13.7. The second kappa shape index (κ2) is 8.10. The molecule has 0 unspecified atom stereocenters. The van der Waals surface area contributed by atoms with Gasteiger partial charge in [-0.25, -0.2) is 0 Å². The Morgan fingerprint density at radius 2 is 1.96 bits per heavy atom. The molecule has 24 heavy (non-hydrogen) atoms. The molecule has 1 amide bonds. The van der Waals surface area contributed by atoms with E-state index in [0.29, 0.717) is 13.0 Å². The van der Waals surface area contributed by atoms with Crippen LogP contribution in [0, 0.1) is 24.0 Å². The molecule has 1 N–H and O–H groups in total. The number of hydrogen-bond acceptors (Lipinski definition) is 4. The summed E-state index contributed by atoms with van der Waals surface area (Å²) in [5, 5.41) is 13.5. The van der Waals surface area contributed by atoms with Crippen LogP contribution in [-0.2, 0) is 4.79 Å². The Bertz CT molecular complexity index is 744. The van der Waals surface area contributed by atoms with E-state index < -0.39 is 4.92 Å². The zero-order valence-electron chi connectivity index (χ0n) is 13.7. The molecule has 2 aromatic carbocycles. The smallest absolute Gasteiger partial charge is 0.292 e. The van der Waals surface area contributed by atoms with Gasteiger partial charge in [0.05, 0.1) is 11.5 Å². The molecule has 0 saturated heterocycles. The van der Waals surface area contributed by atoms with E-state index in [1.165, 1.54) is 12.1 Å². The highest BCUT2D eigenvalue weighted by molar-refractivity contribution is 5.92. The molecule has 0 saturated carbocycles. The molecule has 0 radical (unpaired) electrons. The van der Waals surface area contributed by atoms with Crippen LogP contribution < -0.4 is 10.1 Å². The van der Waals surface area contributed by atoms with Crippen LogP contribution in [0.3, 0.4) is 0 Å². The monoisotopic (exact) mass is 328 g/mol. The van der Waals surface area contributed by atoms with E-state index in [2.05, 4.69) is 5.32 Å². The average molecular weight is 328 g/mol. The predicted molar refractivity (Wildman–Crippen MR) is 92.4 cm³/mol. The Morgan fingerprint density at radius 3 is 2.71 bits per heavy atom. The number of carbonyl (C=O) groups excluding carboxylic acids is 1. The molecule has 0 bridgehead atoms. The summed E-state index contributed by atoms with van der Waals surface area (Å²) in [4.78, 5) is 22.3. The van der Waals surface area contributed by atoms with Crippen LogP contribution >= 0.6 is 0 Å². The van der Waals surface area contributed by atoms with Crippen molar-refractivity contribution in [3.05, 3.63) is 63.7 Å². The van der Waals surface area contributed by atoms with E-state index in [1.54, 1.807) is 12.1 Å². The van der Waals surface area contributed by atoms with E-state index in [0.717, 1.165) is 16.9 Å². The molecule has 2 rings (SSSR count). The van der Waals surface area contributed by atoms with Crippen LogP contribution in [0.5, 0.6) is 5.75 Å². The van der Waals surface area contributed by atoms with Crippen LogP contribution in [0.15, 0.2) is 42.5 Å². The molecule has 0 heterocycles. The van der Waals surface area contributed by atoms with Gasteiger partial charge in [0.25, 0.3) is 5.69 Å². The summed E-state index contributed by atoms with van der Waals surface area (Å²) in [5.74, 6) is 0.544. The van der Waals surface area contributed by atoms with E-state index in [-0.39, 0.29) is 23.7 Å². The number of nitrogens with zero attached hydrogens (tertiary/aromatic N) is 1. The third kappa shape index (κ3) is 4.81. The van der Waals surface area contributed by atoms with Gasteiger partial charge < -0.3 is 10.1 Å². The molecule has 6 heteroatoms. The van der Waals surface area contributed by atoms with Gasteiger partial charge in [0.2, 0.25) is 5.91 Å². The number of para-hydroxylation sites is 2. The summed E-state index contributed by atoms with van der Waals surface area (Å²) in [6, 6.07) is 12.1. The largest absolute Gasteiger partial charge is 0.493 e. The standard InChI is InChI=1S/C18H20N2O4/c1-13-9-10-14(2)17(12-13)24-11-5-8-18(21)19-15-6-3-4-7-16(15)20(22)23/h3-4,6-7,9-10,12H,5,8,11H2,1-2H3,(H,19,21). The number of nitro benzene ring substituents is 1. The van der Waals surface area contributed by atoms with Crippen LogP contribution in [0.1, 0.15) is 24.0 Å². The summed E-state index contributed by atoms with van der Waals surface area (Å²) in [6.45, 7) is 4.37. The lowest BCUT2D eigenvalue weighted by atomic mass is 10.1. The van der Waals surface area contributed by atoms with Gasteiger partial charge >= 0.3 is 0 Å². The van der Waals surface area contributed by atoms with E-state index in [1.807, 2.05) is 32.0 Å². The van der Waals surface area contributed by atoms with Crippen molar-refractivity contribution >= 4 is 17.3 Å². The SMILES string of the molecule is Cc1ccc(C)c(OCCCC(=O)Nc2ccccc2[N+](=O)[O-])c1. The fraction of sp³-hybridized carbons (Fsp3) is 0.278. The molecule has 126 valence electrons. The molecule has 6 nitrogen and oxygen atoms in total. The maximum Gasteiger partial charge on any atom is 0.292 e. The van der Waals surface area contributed by atoms with Crippen LogP contribution in [0.4, 0.5) is 11.4 Å². The molecule has 0 aliphatic carbocycles. The number of benzene rings is 2. The molecular weight excluding hydrogens is 308 g/mol. The van der Waals surface area contributed by atoms with Crippen molar-refractivity contribution in [2.24, 2.45) is 0 Å². The van der Waals surface area contributed by atoms with E-state index in [9.17, 15) is 14.9 Å². The Labute approximate surface area is 140 Å². The van der Waals surface area contributed by atoms with Gasteiger partial charge in [-0.15, -0.1) is 0 Å². The fourth-order valence-corrected chi connectivity index (χ4v) is 2.23. The lowest BCUT2D eigenvalue weighted by molar-refractivity contribution is -0.383. The molecule has 2 aromatic rings. The first-order valence-corrected chi connectivity index (χ1v) is 7.70. The molecule has 0 aliphatic heterocycles. The molecular formula is C18H20N2O4. The van der Waals surface area contributed by atoms with Crippen molar-refractivity contribution in [3.8, 4) is 5.75 Å². The van der Waals surface area contributed by atoms with Crippen LogP contribution in [-0.4, -0.2) is 17.4 Å². The first-order chi connectivity index (χ1) is 11.5. The van der Waals surface area contributed by atoms with E-state index >= 15 is 0 Å². The number of nitrogens with one attached hydrogen (secondary N) is 1. The third-order valence-corrected chi connectivity index (χ3v) is 3.52. The number of carbonyl (C=O) groups is 1. The van der Waals surface area contributed by atoms with Gasteiger partial charge in [-0.05, 0) is 43.5 Å². The normalized spacial score (nSPS) is 10.2. The molecule has 0 aliphatic rings. The van der Waals surface area contributed by atoms with E-state index in [4.69, 9.17) is 4.74 Å². The van der Waals surface area contributed by atoms with Gasteiger partial charge in [-0.2, -0.15) is 0 Å². The average Bonchev–Trinajstić information content (AvgIpc) is 2.55. The second-order valence-corrected chi connectivity index (χ2v) is 5.54. The highest BCUT2D eigenvalue weighted by Crippen LogP contribution is 2.23. The quantitative estimate of drug-likeness (QED) is 0.473. The highest BCUT2D eigenvalue weighted by atomic mass is 16.6. The van der Waals surface area contributed by atoms with Gasteiger partial charge in [0.1, 0.15) is 11.4 Å². The Kier molecular flexibility index (Phi) is 5.89. The lowest BCUT2D eigenvalue weighted by Crippen LogP contribution is -2.14. The summed E-state index contributed by atoms with van der Waals surface area (Å²) < 4.78 is 5.69.